The van der Waals surface area contributed by atoms with Crippen LogP contribution >= 0.6 is 0 Å². The molecule has 0 heterocycles. The lowest BCUT2D eigenvalue weighted by Gasteiger charge is -2.15. The monoisotopic (exact) mass is 331 g/mol. The Hall–Kier alpha value is -3.29. The van der Waals surface area contributed by atoms with E-state index < -0.39 is 5.97 Å². The van der Waals surface area contributed by atoms with Crippen LogP contribution in [-0.2, 0) is 0 Å². The largest absolute Gasteiger partial charge is 0.493 e. The zero-order valence-electron chi connectivity index (χ0n) is 13.4. The molecular formula is C16H17N3O5. The van der Waals surface area contributed by atoms with Gasteiger partial charge in [-0.3, -0.25) is 0 Å². The van der Waals surface area contributed by atoms with E-state index in [9.17, 15) is 9.90 Å². The topological polar surface area (TPSA) is 116 Å². The van der Waals surface area contributed by atoms with Crippen molar-refractivity contribution < 1.29 is 24.1 Å². The summed E-state index contributed by atoms with van der Waals surface area (Å²) in [5, 5.41) is 17.5. The fraction of sp³-hybridized carbons (Fsp3) is 0.188. The molecule has 126 valence electrons. The highest BCUT2D eigenvalue weighted by Gasteiger charge is 2.24. The summed E-state index contributed by atoms with van der Waals surface area (Å²) in [5.41, 5.74) is 6.62. The van der Waals surface area contributed by atoms with E-state index in [0.717, 1.165) is 0 Å². The number of carbonyl (C=O) groups is 1. The van der Waals surface area contributed by atoms with Gasteiger partial charge in [0, 0.05) is 11.8 Å². The summed E-state index contributed by atoms with van der Waals surface area (Å²) in [4.78, 5) is 11.5. The number of methoxy groups -OCH3 is 3. The minimum absolute atomic E-state index is 0.0273. The second-order valence-corrected chi connectivity index (χ2v) is 4.64. The quantitative estimate of drug-likeness (QED) is 0.619. The van der Waals surface area contributed by atoms with Crippen molar-refractivity contribution in [2.24, 2.45) is 10.2 Å². The second-order valence-electron chi connectivity index (χ2n) is 4.64. The SMILES string of the molecule is COc1cc(C(=O)O)c(N=Nc2ccc(N)cc2)c(OC)c1OC. The van der Waals surface area contributed by atoms with Gasteiger partial charge in [0.05, 0.1) is 32.6 Å². The normalized spacial score (nSPS) is 10.6. The average molecular weight is 331 g/mol. The average Bonchev–Trinajstić information content (AvgIpc) is 2.59. The van der Waals surface area contributed by atoms with Crippen molar-refractivity contribution in [3.8, 4) is 17.2 Å². The zero-order valence-corrected chi connectivity index (χ0v) is 13.4. The van der Waals surface area contributed by atoms with Crippen molar-refractivity contribution in [2.45, 2.75) is 0 Å². The summed E-state index contributed by atoms with van der Waals surface area (Å²) in [5.74, 6) is -0.622. The molecule has 2 rings (SSSR count). The molecule has 0 aliphatic rings. The van der Waals surface area contributed by atoms with Gasteiger partial charge in [0.25, 0.3) is 0 Å². The van der Waals surface area contributed by atoms with Gasteiger partial charge in [-0.1, -0.05) is 0 Å². The zero-order chi connectivity index (χ0) is 17.7. The maximum Gasteiger partial charge on any atom is 0.338 e. The summed E-state index contributed by atoms with van der Waals surface area (Å²) in [6.45, 7) is 0. The van der Waals surface area contributed by atoms with Crippen LogP contribution in [0.4, 0.5) is 17.1 Å². The Morgan fingerprint density at radius 3 is 2.12 bits per heavy atom. The lowest BCUT2D eigenvalue weighted by Crippen LogP contribution is -2.02. The number of nitrogens with zero attached hydrogens (tertiary/aromatic N) is 2. The fourth-order valence-corrected chi connectivity index (χ4v) is 2.05. The van der Waals surface area contributed by atoms with E-state index in [1.807, 2.05) is 0 Å². The molecule has 0 aromatic heterocycles. The highest BCUT2D eigenvalue weighted by atomic mass is 16.5. The van der Waals surface area contributed by atoms with Gasteiger partial charge in [0.1, 0.15) is 5.69 Å². The number of carboxylic acid groups (broad SMARTS) is 1. The molecule has 0 radical (unpaired) electrons. The van der Waals surface area contributed by atoms with E-state index in [4.69, 9.17) is 19.9 Å². The molecular weight excluding hydrogens is 314 g/mol. The number of benzene rings is 2. The first-order valence-corrected chi connectivity index (χ1v) is 6.85. The molecule has 8 heteroatoms. The van der Waals surface area contributed by atoms with Crippen LogP contribution in [0.15, 0.2) is 40.6 Å². The molecule has 0 saturated carbocycles. The predicted molar refractivity (Wildman–Crippen MR) is 88.1 cm³/mol. The van der Waals surface area contributed by atoms with E-state index in [1.165, 1.54) is 27.4 Å². The first-order chi connectivity index (χ1) is 11.5. The smallest absolute Gasteiger partial charge is 0.338 e. The molecule has 0 saturated heterocycles. The van der Waals surface area contributed by atoms with Crippen LogP contribution < -0.4 is 19.9 Å². The number of carboxylic acids is 1. The molecule has 8 nitrogen and oxygen atoms in total. The summed E-state index contributed by atoms with van der Waals surface area (Å²) in [7, 11) is 4.20. The molecule has 0 unspecified atom stereocenters. The first kappa shape index (κ1) is 17.1. The number of azo groups is 1. The van der Waals surface area contributed by atoms with Crippen LogP contribution in [0, 0.1) is 0 Å². The summed E-state index contributed by atoms with van der Waals surface area (Å²) in [6, 6.07) is 7.95. The van der Waals surface area contributed by atoms with Crippen molar-refractivity contribution in [2.75, 3.05) is 27.1 Å². The Morgan fingerprint density at radius 2 is 1.62 bits per heavy atom. The van der Waals surface area contributed by atoms with Gasteiger partial charge < -0.3 is 25.1 Å². The fourth-order valence-electron chi connectivity index (χ4n) is 2.05. The van der Waals surface area contributed by atoms with Crippen molar-refractivity contribution >= 4 is 23.0 Å². The lowest BCUT2D eigenvalue weighted by molar-refractivity contribution is 0.0697. The van der Waals surface area contributed by atoms with Crippen LogP contribution in [0.25, 0.3) is 0 Å². The molecule has 0 spiro atoms. The number of nitrogens with two attached hydrogens (primary N) is 1. The number of aromatic carboxylic acids is 1. The predicted octanol–water partition coefficient (Wildman–Crippen LogP) is 3.41. The Balaban J connectivity index is 2.61. The third-order valence-electron chi connectivity index (χ3n) is 3.19. The van der Waals surface area contributed by atoms with E-state index in [1.54, 1.807) is 24.3 Å². The van der Waals surface area contributed by atoms with E-state index in [-0.39, 0.29) is 28.5 Å². The highest BCUT2D eigenvalue weighted by Crippen LogP contribution is 2.47. The number of ether oxygens (including phenoxy) is 3. The number of hydrogen-bond acceptors (Lipinski definition) is 7. The molecule has 0 atom stereocenters. The molecule has 2 aromatic rings. The van der Waals surface area contributed by atoms with Crippen molar-refractivity contribution in [1.82, 2.24) is 0 Å². The molecule has 0 aliphatic heterocycles. The van der Waals surface area contributed by atoms with Crippen molar-refractivity contribution in [1.29, 1.82) is 0 Å². The van der Waals surface area contributed by atoms with E-state index in [0.29, 0.717) is 11.4 Å². The Kier molecular flexibility index (Phi) is 5.20. The van der Waals surface area contributed by atoms with Crippen molar-refractivity contribution in [3.05, 3.63) is 35.9 Å². The summed E-state index contributed by atoms with van der Waals surface area (Å²) in [6.07, 6.45) is 0. The van der Waals surface area contributed by atoms with Crippen LogP contribution in [0.3, 0.4) is 0 Å². The third kappa shape index (κ3) is 3.37. The number of anilines is 1. The molecule has 3 N–H and O–H groups in total. The minimum atomic E-state index is -1.19. The summed E-state index contributed by atoms with van der Waals surface area (Å²) < 4.78 is 15.7. The van der Waals surface area contributed by atoms with Gasteiger partial charge in [-0.15, -0.1) is 5.11 Å². The Bertz CT molecular complexity index is 772. The maximum absolute atomic E-state index is 11.5. The van der Waals surface area contributed by atoms with Gasteiger partial charge in [-0.2, -0.15) is 5.11 Å². The lowest BCUT2D eigenvalue weighted by atomic mass is 10.1. The first-order valence-electron chi connectivity index (χ1n) is 6.85. The van der Waals surface area contributed by atoms with Crippen LogP contribution in [0.2, 0.25) is 0 Å². The van der Waals surface area contributed by atoms with Gasteiger partial charge in [-0.05, 0) is 24.3 Å². The molecule has 2 aromatic carbocycles. The van der Waals surface area contributed by atoms with E-state index >= 15 is 0 Å². The number of nitrogen functional groups attached to an aromatic ring is 1. The van der Waals surface area contributed by atoms with Gasteiger partial charge >= 0.3 is 5.97 Å². The van der Waals surface area contributed by atoms with Gasteiger partial charge in [-0.25, -0.2) is 4.79 Å². The maximum atomic E-state index is 11.5. The van der Waals surface area contributed by atoms with Crippen LogP contribution in [-0.4, -0.2) is 32.4 Å². The highest BCUT2D eigenvalue weighted by molar-refractivity contribution is 5.97. The van der Waals surface area contributed by atoms with Gasteiger partial charge in [0.15, 0.2) is 11.5 Å². The second kappa shape index (κ2) is 7.32. The molecule has 0 amide bonds. The molecule has 0 bridgehead atoms. The summed E-state index contributed by atoms with van der Waals surface area (Å²) >= 11 is 0. The third-order valence-corrected chi connectivity index (χ3v) is 3.19. The standard InChI is InChI=1S/C16H17N3O5/c1-22-12-8-11(16(20)21)13(15(24-3)14(12)23-2)19-18-10-6-4-9(17)5-7-10/h4-8H,17H2,1-3H3,(H,20,21). The van der Waals surface area contributed by atoms with E-state index in [2.05, 4.69) is 10.2 Å². The van der Waals surface area contributed by atoms with Crippen molar-refractivity contribution in [3.63, 3.8) is 0 Å². The van der Waals surface area contributed by atoms with Gasteiger partial charge in [0.2, 0.25) is 5.75 Å². The number of rotatable bonds is 6. The molecule has 0 fully saturated rings. The minimum Gasteiger partial charge on any atom is -0.493 e. The van der Waals surface area contributed by atoms with Crippen LogP contribution in [0.5, 0.6) is 17.2 Å². The van der Waals surface area contributed by atoms with Crippen LogP contribution in [0.1, 0.15) is 10.4 Å². The number of hydrogen-bond donors (Lipinski definition) is 2. The molecule has 24 heavy (non-hydrogen) atoms. The Labute approximate surface area is 138 Å². The Morgan fingerprint density at radius 1 is 1.00 bits per heavy atom. The molecule has 0 aliphatic carbocycles.